The average Bonchev–Trinajstić information content (AvgIpc) is 2.53. The maximum absolute atomic E-state index is 11.9. The van der Waals surface area contributed by atoms with Crippen LogP contribution in [0.3, 0.4) is 0 Å². The van der Waals surface area contributed by atoms with Gasteiger partial charge >= 0.3 is 0 Å². The summed E-state index contributed by atoms with van der Waals surface area (Å²) in [5.74, 6) is 0.289. The number of hydrogen-bond donors (Lipinski definition) is 0. The smallest absolute Gasteiger partial charge is 0.225 e. The highest BCUT2D eigenvalue weighted by Gasteiger charge is 2.24. The molecule has 1 heterocycles. The summed E-state index contributed by atoms with van der Waals surface area (Å²) in [7, 11) is 0. The van der Waals surface area contributed by atoms with Crippen molar-refractivity contribution in [2.45, 2.75) is 32.6 Å². The van der Waals surface area contributed by atoms with E-state index in [0.717, 1.165) is 31.1 Å². The molecule has 0 radical (unpaired) electrons. The minimum Gasteiger partial charge on any atom is -0.340 e. The number of piperazine rings is 1. The van der Waals surface area contributed by atoms with Gasteiger partial charge in [0.05, 0.1) is 14.9 Å². The molecule has 1 aromatic carbocycles. The van der Waals surface area contributed by atoms with Gasteiger partial charge in [-0.25, -0.2) is 4.31 Å². The van der Waals surface area contributed by atoms with Gasteiger partial charge in [0.25, 0.3) is 0 Å². The van der Waals surface area contributed by atoms with Crippen LogP contribution in [-0.2, 0) is 4.79 Å². The number of nitrogens with zero attached hydrogens (tertiary/aromatic N) is 2. The highest BCUT2D eigenvalue weighted by molar-refractivity contribution is 7.97. The van der Waals surface area contributed by atoms with Crippen LogP contribution in [0.4, 0.5) is 0 Å². The van der Waals surface area contributed by atoms with Gasteiger partial charge in [0, 0.05) is 32.1 Å². The Morgan fingerprint density at radius 3 is 2.05 bits per heavy atom. The molecule has 0 saturated carbocycles. The molecule has 1 aromatic rings. The Balaban J connectivity index is 0.00000116. The number of benzene rings is 1. The molecule has 0 aliphatic carbocycles. The fraction of sp³-hybridized carbons (Fsp3) is 0.562. The quantitative estimate of drug-likeness (QED) is 0.719. The summed E-state index contributed by atoms with van der Waals surface area (Å²) in [5.41, 5.74) is 0. The van der Waals surface area contributed by atoms with E-state index >= 15 is 0 Å². The third kappa shape index (κ3) is 5.34. The molecule has 2 rings (SSSR count). The average molecular weight is 363 g/mol. The van der Waals surface area contributed by atoms with Gasteiger partial charge in [0.1, 0.15) is 0 Å². The summed E-state index contributed by atoms with van der Waals surface area (Å²) in [5, 5.41) is 1.34. The van der Waals surface area contributed by atoms with Crippen LogP contribution in [0.25, 0.3) is 0 Å². The molecule has 1 saturated heterocycles. The molecule has 1 aliphatic heterocycles. The van der Waals surface area contributed by atoms with Crippen molar-refractivity contribution in [1.82, 2.24) is 9.21 Å². The fourth-order valence-electron chi connectivity index (χ4n) is 2.06. The normalized spacial score (nSPS) is 15.5. The maximum atomic E-state index is 11.9. The zero-order valence-corrected chi connectivity index (χ0v) is 15.9. The predicted molar refractivity (Wildman–Crippen MR) is 96.7 cm³/mol. The molecule has 1 aliphatic rings. The Hall–Kier alpha value is -0.420. The molecule has 0 aromatic heterocycles. The number of amides is 1. The lowest BCUT2D eigenvalue weighted by Crippen LogP contribution is -2.47. The van der Waals surface area contributed by atoms with E-state index in [4.69, 9.17) is 23.2 Å². The molecule has 22 heavy (non-hydrogen) atoms. The Kier molecular flexibility index (Phi) is 8.62. The van der Waals surface area contributed by atoms with Gasteiger partial charge < -0.3 is 4.90 Å². The van der Waals surface area contributed by atoms with Crippen molar-refractivity contribution >= 4 is 41.1 Å². The molecule has 0 unspecified atom stereocenters. The van der Waals surface area contributed by atoms with Crippen molar-refractivity contribution in [2.24, 2.45) is 5.92 Å². The molecule has 1 fully saturated rings. The zero-order chi connectivity index (χ0) is 16.7. The topological polar surface area (TPSA) is 23.6 Å². The van der Waals surface area contributed by atoms with Gasteiger partial charge in [-0.05, 0) is 24.1 Å². The molecule has 0 bridgehead atoms. The molecule has 0 spiro atoms. The second-order valence-electron chi connectivity index (χ2n) is 5.05. The van der Waals surface area contributed by atoms with Gasteiger partial charge in [-0.3, -0.25) is 4.79 Å². The monoisotopic (exact) mass is 362 g/mol. The van der Waals surface area contributed by atoms with Gasteiger partial charge in [0.15, 0.2) is 0 Å². The van der Waals surface area contributed by atoms with Crippen LogP contribution in [0.1, 0.15) is 27.7 Å². The molecule has 124 valence electrons. The zero-order valence-electron chi connectivity index (χ0n) is 13.6. The SMILES string of the molecule is CC.CC(C)C(=O)N1CCN(Sc2c(Cl)cccc2Cl)CC1. The number of hydrogen-bond acceptors (Lipinski definition) is 3. The van der Waals surface area contributed by atoms with E-state index in [1.54, 1.807) is 11.9 Å². The molecule has 0 N–H and O–H groups in total. The summed E-state index contributed by atoms with van der Waals surface area (Å²) >= 11 is 13.9. The van der Waals surface area contributed by atoms with E-state index in [2.05, 4.69) is 4.31 Å². The lowest BCUT2D eigenvalue weighted by Gasteiger charge is -2.35. The molecule has 1 amide bonds. The maximum Gasteiger partial charge on any atom is 0.225 e. The van der Waals surface area contributed by atoms with E-state index in [9.17, 15) is 4.79 Å². The van der Waals surface area contributed by atoms with Crippen molar-refractivity contribution in [1.29, 1.82) is 0 Å². The third-order valence-corrected chi connectivity index (χ3v) is 5.28. The molecule has 0 atom stereocenters. The van der Waals surface area contributed by atoms with Crippen molar-refractivity contribution in [2.75, 3.05) is 26.2 Å². The van der Waals surface area contributed by atoms with Crippen LogP contribution in [0.15, 0.2) is 23.1 Å². The summed E-state index contributed by atoms with van der Waals surface area (Å²) in [6.45, 7) is 11.0. The van der Waals surface area contributed by atoms with E-state index in [0.29, 0.717) is 10.0 Å². The van der Waals surface area contributed by atoms with E-state index in [1.165, 1.54) is 0 Å². The largest absolute Gasteiger partial charge is 0.340 e. The van der Waals surface area contributed by atoms with Crippen LogP contribution < -0.4 is 0 Å². The van der Waals surface area contributed by atoms with Crippen LogP contribution in [0.2, 0.25) is 10.0 Å². The second kappa shape index (κ2) is 9.66. The highest BCUT2D eigenvalue weighted by atomic mass is 35.5. The first-order valence-electron chi connectivity index (χ1n) is 7.64. The first kappa shape index (κ1) is 19.6. The third-order valence-electron chi connectivity index (χ3n) is 3.18. The Morgan fingerprint density at radius 2 is 1.59 bits per heavy atom. The van der Waals surface area contributed by atoms with Crippen LogP contribution in [-0.4, -0.2) is 41.3 Å². The Bertz CT molecular complexity index is 469. The van der Waals surface area contributed by atoms with Crippen molar-refractivity contribution in [3.8, 4) is 0 Å². The second-order valence-corrected chi connectivity index (χ2v) is 6.97. The molecular weight excluding hydrogens is 339 g/mol. The minimum absolute atomic E-state index is 0.0622. The number of carbonyl (C=O) groups is 1. The van der Waals surface area contributed by atoms with E-state index < -0.39 is 0 Å². The summed E-state index contributed by atoms with van der Waals surface area (Å²) in [4.78, 5) is 14.7. The standard InChI is InChI=1S/C14H18Cl2N2OS.C2H6/c1-10(2)14(19)17-6-8-18(9-7-17)20-13-11(15)4-3-5-12(13)16;1-2/h3-5,10H,6-9H2,1-2H3;1-2H3. The number of halogens is 2. The predicted octanol–water partition coefficient (Wildman–Crippen LogP) is 4.83. The Labute approximate surface area is 148 Å². The highest BCUT2D eigenvalue weighted by Crippen LogP contribution is 2.36. The van der Waals surface area contributed by atoms with Gasteiger partial charge in [-0.1, -0.05) is 57.0 Å². The number of carbonyl (C=O) groups excluding carboxylic acids is 1. The van der Waals surface area contributed by atoms with E-state index in [-0.39, 0.29) is 11.8 Å². The molecular formula is C16H24Cl2N2OS. The summed E-state index contributed by atoms with van der Waals surface area (Å²) in [6, 6.07) is 5.52. The fourth-order valence-corrected chi connectivity index (χ4v) is 3.58. The lowest BCUT2D eigenvalue weighted by atomic mass is 10.2. The van der Waals surface area contributed by atoms with Crippen LogP contribution in [0, 0.1) is 5.92 Å². The minimum atomic E-state index is 0.0622. The van der Waals surface area contributed by atoms with Gasteiger partial charge in [-0.2, -0.15) is 0 Å². The van der Waals surface area contributed by atoms with Gasteiger partial charge in [-0.15, -0.1) is 0 Å². The van der Waals surface area contributed by atoms with E-state index in [1.807, 2.05) is 50.8 Å². The summed E-state index contributed by atoms with van der Waals surface area (Å²) < 4.78 is 2.21. The molecule has 3 nitrogen and oxygen atoms in total. The van der Waals surface area contributed by atoms with Crippen molar-refractivity contribution in [3.05, 3.63) is 28.2 Å². The number of rotatable bonds is 3. The lowest BCUT2D eigenvalue weighted by molar-refractivity contribution is -0.135. The summed E-state index contributed by atoms with van der Waals surface area (Å²) in [6.07, 6.45) is 0. The first-order valence-corrected chi connectivity index (χ1v) is 9.17. The van der Waals surface area contributed by atoms with Crippen LogP contribution in [0.5, 0.6) is 0 Å². The van der Waals surface area contributed by atoms with Gasteiger partial charge in [0.2, 0.25) is 5.91 Å². The van der Waals surface area contributed by atoms with Crippen LogP contribution >= 0.6 is 35.1 Å². The first-order chi connectivity index (χ1) is 10.5. The molecule has 6 heteroatoms. The Morgan fingerprint density at radius 1 is 1.09 bits per heavy atom. The van der Waals surface area contributed by atoms with Crippen molar-refractivity contribution in [3.63, 3.8) is 0 Å². The van der Waals surface area contributed by atoms with Crippen molar-refractivity contribution < 1.29 is 4.79 Å².